The van der Waals surface area contributed by atoms with Crippen molar-refractivity contribution in [1.82, 2.24) is 14.7 Å². The van der Waals surface area contributed by atoms with E-state index in [1.807, 2.05) is 46.2 Å². The normalized spacial score (nSPS) is 18.0. The number of piperidine rings is 1. The molecular weight excluding hydrogens is 390 g/mol. The third-order valence-corrected chi connectivity index (χ3v) is 6.24. The van der Waals surface area contributed by atoms with Crippen molar-refractivity contribution in [2.45, 2.75) is 19.3 Å². The van der Waals surface area contributed by atoms with E-state index in [9.17, 15) is 9.59 Å². The third kappa shape index (κ3) is 5.44. The van der Waals surface area contributed by atoms with Gasteiger partial charge in [0.1, 0.15) is 5.75 Å². The number of nitrogens with zero attached hydrogens (tertiary/aromatic N) is 3. The molecular formula is C25H31N3O3. The maximum atomic E-state index is 12.6. The van der Waals surface area contributed by atoms with Crippen molar-refractivity contribution in [1.29, 1.82) is 0 Å². The first-order valence-corrected chi connectivity index (χ1v) is 11.2. The Balaban J connectivity index is 1.28. The number of amides is 2. The second-order valence-corrected chi connectivity index (χ2v) is 8.35. The van der Waals surface area contributed by atoms with Crippen LogP contribution in [0.1, 0.15) is 24.8 Å². The van der Waals surface area contributed by atoms with Gasteiger partial charge in [-0.1, -0.05) is 18.2 Å². The van der Waals surface area contributed by atoms with Crippen molar-refractivity contribution in [2.75, 3.05) is 52.9 Å². The summed E-state index contributed by atoms with van der Waals surface area (Å²) in [6.07, 6.45) is 6.99. The Bertz CT molecular complexity index is 958. The number of benzene rings is 2. The maximum absolute atomic E-state index is 12.6. The van der Waals surface area contributed by atoms with Gasteiger partial charge < -0.3 is 14.5 Å². The van der Waals surface area contributed by atoms with E-state index in [2.05, 4.69) is 11.0 Å². The fourth-order valence-corrected chi connectivity index (χ4v) is 4.31. The monoisotopic (exact) mass is 421 g/mol. The Morgan fingerprint density at radius 3 is 2.32 bits per heavy atom. The minimum absolute atomic E-state index is 0.0248. The minimum Gasteiger partial charge on any atom is -0.497 e. The second kappa shape index (κ2) is 9.96. The van der Waals surface area contributed by atoms with Crippen molar-refractivity contribution < 1.29 is 14.3 Å². The summed E-state index contributed by atoms with van der Waals surface area (Å²) in [4.78, 5) is 31.1. The molecule has 0 unspecified atom stereocenters. The SMILES string of the molecule is COc1ccc2cc(/C=C/C(=O)N3CCN(CC(=O)N4CCCCC4)CC3)ccc2c1. The quantitative estimate of drug-likeness (QED) is 0.697. The van der Waals surface area contributed by atoms with Gasteiger partial charge in [-0.15, -0.1) is 0 Å². The van der Waals surface area contributed by atoms with Gasteiger partial charge in [0.05, 0.1) is 13.7 Å². The molecule has 2 aliphatic heterocycles. The summed E-state index contributed by atoms with van der Waals surface area (Å²) < 4.78 is 5.27. The summed E-state index contributed by atoms with van der Waals surface area (Å²) in [5, 5.41) is 2.22. The number of piperazine rings is 1. The standard InChI is InChI=1S/C25H31N3O3/c1-31-23-9-8-21-17-20(5-7-22(21)18-23)6-10-24(29)28-15-13-26(14-16-28)19-25(30)27-11-3-2-4-12-27/h5-10,17-18H,2-4,11-16,19H2,1H3/b10-6+. The number of fused-ring (bicyclic) bond motifs is 1. The summed E-state index contributed by atoms with van der Waals surface area (Å²) in [6, 6.07) is 12.1. The molecule has 6 heteroatoms. The van der Waals surface area contributed by atoms with E-state index in [0.29, 0.717) is 19.6 Å². The van der Waals surface area contributed by atoms with E-state index >= 15 is 0 Å². The van der Waals surface area contributed by atoms with Gasteiger partial charge >= 0.3 is 0 Å². The molecule has 4 rings (SSSR count). The zero-order valence-corrected chi connectivity index (χ0v) is 18.3. The van der Waals surface area contributed by atoms with Crippen molar-refractivity contribution in [3.05, 3.63) is 48.0 Å². The summed E-state index contributed by atoms with van der Waals surface area (Å²) >= 11 is 0. The number of carbonyl (C=O) groups is 2. The molecule has 0 aliphatic carbocycles. The summed E-state index contributed by atoms with van der Waals surface area (Å²) in [5.74, 6) is 1.09. The lowest BCUT2D eigenvalue weighted by Gasteiger charge is -2.35. The number of rotatable bonds is 5. The summed E-state index contributed by atoms with van der Waals surface area (Å²) in [7, 11) is 1.66. The molecule has 6 nitrogen and oxygen atoms in total. The number of carbonyl (C=O) groups excluding carboxylic acids is 2. The zero-order chi connectivity index (χ0) is 21.6. The van der Waals surface area contributed by atoms with Crippen molar-refractivity contribution in [3.63, 3.8) is 0 Å². The molecule has 0 atom stereocenters. The highest BCUT2D eigenvalue weighted by Crippen LogP contribution is 2.22. The minimum atomic E-state index is 0.0248. The first-order valence-electron chi connectivity index (χ1n) is 11.2. The number of methoxy groups -OCH3 is 1. The highest BCUT2D eigenvalue weighted by Gasteiger charge is 2.24. The fourth-order valence-electron chi connectivity index (χ4n) is 4.31. The third-order valence-electron chi connectivity index (χ3n) is 6.24. The van der Waals surface area contributed by atoms with Crippen molar-refractivity contribution in [3.8, 4) is 5.75 Å². The maximum Gasteiger partial charge on any atom is 0.246 e. The van der Waals surface area contributed by atoms with E-state index in [1.165, 1.54) is 6.42 Å². The lowest BCUT2D eigenvalue weighted by molar-refractivity contribution is -0.134. The molecule has 2 amide bonds. The Morgan fingerprint density at radius 2 is 1.58 bits per heavy atom. The first kappa shape index (κ1) is 21.4. The molecule has 0 bridgehead atoms. The van der Waals surface area contributed by atoms with Gasteiger partial charge in [-0.25, -0.2) is 0 Å². The Labute approximate surface area is 184 Å². The lowest BCUT2D eigenvalue weighted by atomic mass is 10.1. The largest absolute Gasteiger partial charge is 0.497 e. The first-order chi connectivity index (χ1) is 15.1. The summed E-state index contributed by atoms with van der Waals surface area (Å²) in [5.41, 5.74) is 0.997. The predicted molar refractivity (Wildman–Crippen MR) is 123 cm³/mol. The van der Waals surface area contributed by atoms with Gasteiger partial charge in [-0.3, -0.25) is 14.5 Å². The van der Waals surface area contributed by atoms with Gasteiger partial charge in [0, 0.05) is 45.3 Å². The number of ether oxygens (including phenoxy) is 1. The molecule has 2 aliphatic rings. The van der Waals surface area contributed by atoms with Crippen LogP contribution in [-0.4, -0.2) is 79.4 Å². The van der Waals surface area contributed by atoms with Gasteiger partial charge in [0.25, 0.3) is 0 Å². The van der Waals surface area contributed by atoms with E-state index in [-0.39, 0.29) is 11.8 Å². The highest BCUT2D eigenvalue weighted by molar-refractivity contribution is 5.93. The predicted octanol–water partition coefficient (Wildman–Crippen LogP) is 3.02. The van der Waals surface area contributed by atoms with Crippen LogP contribution in [0.5, 0.6) is 5.75 Å². The summed E-state index contributed by atoms with van der Waals surface area (Å²) in [6.45, 7) is 5.07. The van der Waals surface area contributed by atoms with Crippen LogP contribution in [0.25, 0.3) is 16.8 Å². The Kier molecular flexibility index (Phi) is 6.87. The average molecular weight is 422 g/mol. The topological polar surface area (TPSA) is 53.1 Å². The molecule has 0 aromatic heterocycles. The van der Waals surface area contributed by atoms with Crippen LogP contribution in [0.15, 0.2) is 42.5 Å². The van der Waals surface area contributed by atoms with Gasteiger partial charge in [-0.05, 0) is 59.9 Å². The molecule has 2 fully saturated rings. The molecule has 31 heavy (non-hydrogen) atoms. The molecule has 2 aromatic carbocycles. The van der Waals surface area contributed by atoms with Gasteiger partial charge in [0.2, 0.25) is 11.8 Å². The molecule has 2 saturated heterocycles. The van der Waals surface area contributed by atoms with Crippen LogP contribution in [0.4, 0.5) is 0 Å². The van der Waals surface area contributed by atoms with Crippen molar-refractivity contribution in [2.24, 2.45) is 0 Å². The molecule has 2 aromatic rings. The molecule has 0 radical (unpaired) electrons. The number of hydrogen-bond donors (Lipinski definition) is 0. The van der Waals surface area contributed by atoms with Gasteiger partial charge in [-0.2, -0.15) is 0 Å². The van der Waals surface area contributed by atoms with E-state index in [4.69, 9.17) is 4.74 Å². The number of hydrogen-bond acceptors (Lipinski definition) is 4. The van der Waals surface area contributed by atoms with Crippen LogP contribution in [0.2, 0.25) is 0 Å². The second-order valence-electron chi connectivity index (χ2n) is 8.35. The molecule has 0 N–H and O–H groups in total. The van der Waals surface area contributed by atoms with Gasteiger partial charge in [0.15, 0.2) is 0 Å². The van der Waals surface area contributed by atoms with Crippen LogP contribution in [0, 0.1) is 0 Å². The van der Waals surface area contributed by atoms with E-state index in [1.54, 1.807) is 13.2 Å². The van der Waals surface area contributed by atoms with Crippen LogP contribution in [-0.2, 0) is 9.59 Å². The lowest BCUT2D eigenvalue weighted by Crippen LogP contribution is -2.51. The van der Waals surface area contributed by atoms with Crippen LogP contribution in [0.3, 0.4) is 0 Å². The Hall–Kier alpha value is -2.86. The van der Waals surface area contributed by atoms with E-state index < -0.39 is 0 Å². The smallest absolute Gasteiger partial charge is 0.246 e. The molecule has 0 saturated carbocycles. The molecule has 0 spiro atoms. The van der Waals surface area contributed by atoms with Crippen LogP contribution >= 0.6 is 0 Å². The molecule has 2 heterocycles. The average Bonchev–Trinajstić information content (AvgIpc) is 2.83. The Morgan fingerprint density at radius 1 is 0.871 bits per heavy atom. The highest BCUT2D eigenvalue weighted by atomic mass is 16.5. The van der Waals surface area contributed by atoms with E-state index in [0.717, 1.165) is 61.1 Å². The fraction of sp³-hybridized carbons (Fsp3) is 0.440. The molecule has 164 valence electrons. The van der Waals surface area contributed by atoms with Crippen LogP contribution < -0.4 is 4.74 Å². The zero-order valence-electron chi connectivity index (χ0n) is 18.3. The number of likely N-dealkylation sites (tertiary alicyclic amines) is 1. The van der Waals surface area contributed by atoms with Crippen molar-refractivity contribution >= 4 is 28.7 Å².